The van der Waals surface area contributed by atoms with Crippen LogP contribution < -0.4 is 21.1 Å². The van der Waals surface area contributed by atoms with E-state index in [1.54, 1.807) is 18.2 Å². The number of ether oxygens (including phenoxy) is 1. The van der Waals surface area contributed by atoms with Gasteiger partial charge in [-0.05, 0) is 38.0 Å². The summed E-state index contributed by atoms with van der Waals surface area (Å²) in [6, 6.07) is 5.11. The van der Waals surface area contributed by atoms with Gasteiger partial charge in [0.05, 0.1) is 12.4 Å². The van der Waals surface area contributed by atoms with Gasteiger partial charge in [0.2, 0.25) is 5.91 Å². The molecule has 1 aliphatic rings. The van der Waals surface area contributed by atoms with Crippen LogP contribution in [0, 0.1) is 0 Å². The zero-order valence-corrected chi connectivity index (χ0v) is 12.7. The maximum atomic E-state index is 11.7. The quantitative estimate of drug-likeness (QED) is 0.550. The molecule has 6 nitrogen and oxygen atoms in total. The Labute approximate surface area is 127 Å². The molecule has 2 rings (SSSR count). The van der Waals surface area contributed by atoms with E-state index >= 15 is 0 Å². The monoisotopic (exact) mass is 309 g/mol. The van der Waals surface area contributed by atoms with Gasteiger partial charge in [-0.2, -0.15) is 0 Å². The number of amides is 3. The molecule has 1 aromatic carbocycles. The third-order valence-corrected chi connectivity index (χ3v) is 3.89. The average Bonchev–Trinajstić information content (AvgIpc) is 3.23. The summed E-state index contributed by atoms with van der Waals surface area (Å²) >= 11 is 1.27. The van der Waals surface area contributed by atoms with Crippen molar-refractivity contribution in [3.63, 3.8) is 0 Å². The molecule has 0 saturated heterocycles. The van der Waals surface area contributed by atoms with Crippen molar-refractivity contribution in [1.29, 1.82) is 0 Å². The van der Waals surface area contributed by atoms with Crippen molar-refractivity contribution in [2.45, 2.75) is 30.7 Å². The molecule has 1 aromatic rings. The third kappa shape index (κ3) is 5.18. The Hall–Kier alpha value is -1.89. The first kappa shape index (κ1) is 15.5. The van der Waals surface area contributed by atoms with Gasteiger partial charge in [0.25, 0.3) is 0 Å². The van der Waals surface area contributed by atoms with Gasteiger partial charge >= 0.3 is 6.03 Å². The number of nitrogens with one attached hydrogen (secondary N) is 2. The summed E-state index contributed by atoms with van der Waals surface area (Å²) in [4.78, 5) is 23.9. The molecule has 0 aromatic heterocycles. The number of carbonyl (C=O) groups excluding carboxylic acids is 2. The van der Waals surface area contributed by atoms with Gasteiger partial charge in [0.1, 0.15) is 5.75 Å². The number of urea groups is 1. The number of anilines is 1. The molecule has 4 N–H and O–H groups in total. The van der Waals surface area contributed by atoms with E-state index < -0.39 is 6.03 Å². The second kappa shape index (κ2) is 7.21. The summed E-state index contributed by atoms with van der Waals surface area (Å²) in [5, 5.41) is 4.99. The fourth-order valence-corrected chi connectivity index (χ4v) is 2.44. The number of carbonyl (C=O) groups is 2. The van der Waals surface area contributed by atoms with E-state index in [0.717, 1.165) is 17.7 Å². The minimum Gasteiger partial charge on any atom is -0.494 e. The molecule has 0 aliphatic heterocycles. The number of imide groups is 1. The zero-order valence-electron chi connectivity index (χ0n) is 11.8. The van der Waals surface area contributed by atoms with Gasteiger partial charge in [0, 0.05) is 16.6 Å². The SMILES string of the molecule is CCOc1ccc(N)c(SCC(=O)NC(=O)NC2CC2)c1. The number of hydrogen-bond acceptors (Lipinski definition) is 5. The number of thioether (sulfide) groups is 1. The number of rotatable bonds is 6. The van der Waals surface area contributed by atoms with Crippen LogP contribution in [-0.2, 0) is 4.79 Å². The fraction of sp³-hybridized carbons (Fsp3) is 0.429. The molecule has 7 heteroatoms. The molecule has 0 heterocycles. The summed E-state index contributed by atoms with van der Waals surface area (Å²) in [6.45, 7) is 2.46. The van der Waals surface area contributed by atoms with Crippen LogP contribution in [0.4, 0.5) is 10.5 Å². The van der Waals surface area contributed by atoms with Crippen molar-refractivity contribution in [3.05, 3.63) is 18.2 Å². The van der Waals surface area contributed by atoms with Crippen LogP contribution in [-0.4, -0.2) is 30.3 Å². The molecule has 0 bridgehead atoms. The van der Waals surface area contributed by atoms with E-state index in [0.29, 0.717) is 18.0 Å². The van der Waals surface area contributed by atoms with E-state index in [-0.39, 0.29) is 17.7 Å². The average molecular weight is 309 g/mol. The number of hydrogen-bond donors (Lipinski definition) is 3. The first-order valence-electron chi connectivity index (χ1n) is 6.84. The van der Waals surface area contributed by atoms with Crippen LogP contribution >= 0.6 is 11.8 Å². The van der Waals surface area contributed by atoms with Gasteiger partial charge in [-0.25, -0.2) is 4.79 Å². The topological polar surface area (TPSA) is 93.4 Å². The molecular formula is C14H19N3O3S. The minimum atomic E-state index is -0.431. The lowest BCUT2D eigenvalue weighted by Crippen LogP contribution is -2.41. The van der Waals surface area contributed by atoms with Crippen LogP contribution in [0.2, 0.25) is 0 Å². The van der Waals surface area contributed by atoms with Crippen LogP contribution in [0.1, 0.15) is 19.8 Å². The van der Waals surface area contributed by atoms with E-state index in [2.05, 4.69) is 10.6 Å². The zero-order chi connectivity index (χ0) is 15.2. The highest BCUT2D eigenvalue weighted by atomic mass is 32.2. The second-order valence-electron chi connectivity index (χ2n) is 4.72. The van der Waals surface area contributed by atoms with Crippen molar-refractivity contribution in [1.82, 2.24) is 10.6 Å². The molecule has 0 radical (unpaired) electrons. The maximum absolute atomic E-state index is 11.7. The molecule has 0 unspecified atom stereocenters. The largest absolute Gasteiger partial charge is 0.494 e. The lowest BCUT2D eigenvalue weighted by Gasteiger charge is -2.09. The van der Waals surface area contributed by atoms with Crippen LogP contribution in [0.3, 0.4) is 0 Å². The molecule has 1 saturated carbocycles. The number of nitrogens with two attached hydrogens (primary N) is 1. The summed E-state index contributed by atoms with van der Waals surface area (Å²) in [6.07, 6.45) is 1.97. The summed E-state index contributed by atoms with van der Waals surface area (Å²) in [5.74, 6) is 0.484. The predicted octanol–water partition coefficient (Wildman–Crippen LogP) is 1.75. The smallest absolute Gasteiger partial charge is 0.321 e. The molecule has 3 amide bonds. The molecule has 0 atom stereocenters. The molecule has 1 fully saturated rings. The summed E-state index contributed by atoms with van der Waals surface area (Å²) < 4.78 is 5.39. The van der Waals surface area contributed by atoms with Crippen molar-refractivity contribution < 1.29 is 14.3 Å². The van der Waals surface area contributed by atoms with E-state index in [1.807, 2.05) is 6.92 Å². The van der Waals surface area contributed by atoms with Gasteiger partial charge in [0.15, 0.2) is 0 Å². The molecule has 114 valence electrons. The predicted molar refractivity (Wildman–Crippen MR) is 82.4 cm³/mol. The van der Waals surface area contributed by atoms with Crippen molar-refractivity contribution in [2.75, 3.05) is 18.1 Å². The fourth-order valence-electron chi connectivity index (χ4n) is 1.65. The number of benzene rings is 1. The molecule has 0 spiro atoms. The molecule has 1 aliphatic carbocycles. The highest BCUT2D eigenvalue weighted by Gasteiger charge is 2.23. The van der Waals surface area contributed by atoms with E-state index in [1.165, 1.54) is 11.8 Å². The first-order chi connectivity index (χ1) is 10.1. The minimum absolute atomic E-state index is 0.123. The Morgan fingerprint density at radius 2 is 2.19 bits per heavy atom. The maximum Gasteiger partial charge on any atom is 0.321 e. The lowest BCUT2D eigenvalue weighted by molar-refractivity contribution is -0.117. The van der Waals surface area contributed by atoms with Crippen LogP contribution in [0.5, 0.6) is 5.75 Å². The van der Waals surface area contributed by atoms with Gasteiger partial charge < -0.3 is 15.8 Å². The highest BCUT2D eigenvalue weighted by molar-refractivity contribution is 8.00. The highest BCUT2D eigenvalue weighted by Crippen LogP contribution is 2.29. The Balaban J connectivity index is 1.82. The van der Waals surface area contributed by atoms with Gasteiger partial charge in [-0.3, -0.25) is 10.1 Å². The lowest BCUT2D eigenvalue weighted by atomic mass is 10.3. The standard InChI is InChI=1S/C14H19N3O3S/c1-2-20-10-5-6-11(15)12(7-10)21-8-13(18)17-14(19)16-9-3-4-9/h5-7,9H,2-4,8,15H2,1H3,(H2,16,17,18,19). The Bertz CT molecular complexity index is 532. The van der Waals surface area contributed by atoms with Gasteiger partial charge in [-0.1, -0.05) is 0 Å². The Morgan fingerprint density at radius 3 is 2.86 bits per heavy atom. The van der Waals surface area contributed by atoms with Crippen LogP contribution in [0.25, 0.3) is 0 Å². The van der Waals surface area contributed by atoms with E-state index in [4.69, 9.17) is 10.5 Å². The molecular weight excluding hydrogens is 290 g/mol. The summed E-state index contributed by atoms with van der Waals surface area (Å²) in [7, 11) is 0. The number of nitrogen functional groups attached to an aromatic ring is 1. The third-order valence-electron chi connectivity index (χ3n) is 2.82. The second-order valence-corrected chi connectivity index (χ2v) is 5.73. The normalized spacial score (nSPS) is 13.6. The van der Waals surface area contributed by atoms with Crippen LogP contribution in [0.15, 0.2) is 23.1 Å². The first-order valence-corrected chi connectivity index (χ1v) is 7.82. The van der Waals surface area contributed by atoms with Crippen molar-refractivity contribution in [2.24, 2.45) is 0 Å². The molecule has 21 heavy (non-hydrogen) atoms. The summed E-state index contributed by atoms with van der Waals surface area (Å²) in [5.41, 5.74) is 6.44. The Morgan fingerprint density at radius 1 is 1.43 bits per heavy atom. The van der Waals surface area contributed by atoms with Gasteiger partial charge in [-0.15, -0.1) is 11.8 Å². The van der Waals surface area contributed by atoms with Crippen molar-refractivity contribution in [3.8, 4) is 5.75 Å². The van der Waals surface area contributed by atoms with E-state index in [9.17, 15) is 9.59 Å². The Kier molecular flexibility index (Phi) is 5.32. The van der Waals surface area contributed by atoms with Crippen molar-refractivity contribution >= 4 is 29.4 Å².